The lowest BCUT2D eigenvalue weighted by Crippen LogP contribution is -2.36. The lowest BCUT2D eigenvalue weighted by Gasteiger charge is -2.16. The Labute approximate surface area is 379 Å². The van der Waals surface area contributed by atoms with E-state index in [4.69, 9.17) is 38.2 Å². The van der Waals surface area contributed by atoms with E-state index in [1.54, 1.807) is 12.1 Å². The number of aromatic nitrogens is 8. The molecule has 0 radical (unpaired) electrons. The van der Waals surface area contributed by atoms with Crippen molar-refractivity contribution in [3.63, 3.8) is 0 Å². The fourth-order valence-electron chi connectivity index (χ4n) is 6.24. The number of ether oxygens (including phenoxy) is 4. The van der Waals surface area contributed by atoms with Gasteiger partial charge in [-0.15, -0.1) is 0 Å². The molecule has 6 aromatic rings. The van der Waals surface area contributed by atoms with Crippen molar-refractivity contribution >= 4 is 11.8 Å². The Morgan fingerprint density at radius 3 is 1.26 bits per heavy atom. The van der Waals surface area contributed by atoms with Crippen LogP contribution in [0.5, 0.6) is 23.5 Å². The Morgan fingerprint density at radius 2 is 0.924 bits per heavy atom. The van der Waals surface area contributed by atoms with Crippen molar-refractivity contribution in [2.24, 2.45) is 0 Å². The van der Waals surface area contributed by atoms with Gasteiger partial charge in [-0.25, -0.2) is 9.97 Å². The van der Waals surface area contributed by atoms with Gasteiger partial charge in [-0.05, 0) is 114 Å². The minimum absolute atomic E-state index is 0.0191. The van der Waals surface area contributed by atoms with E-state index in [1.165, 1.54) is 0 Å². The number of nitrogens with one attached hydrogen (secondary N) is 2. The third kappa shape index (κ3) is 13.9. The number of amides is 2. The number of nitrogens with zero attached hydrogens (tertiary/aromatic N) is 8. The van der Waals surface area contributed by atoms with Gasteiger partial charge >= 0.3 is 12.0 Å². The maximum atomic E-state index is 11.1. The van der Waals surface area contributed by atoms with Crippen molar-refractivity contribution in [1.82, 2.24) is 50.9 Å². The fraction of sp³-hybridized carbons (Fsp3) is 0.409. The van der Waals surface area contributed by atoms with Crippen molar-refractivity contribution < 1.29 is 58.0 Å². The number of rotatable bonds is 20. The molecule has 6 rings (SSSR count). The molecule has 0 aliphatic heterocycles. The smallest absolute Gasteiger partial charge is 0.317 e. The van der Waals surface area contributed by atoms with E-state index in [2.05, 4.69) is 50.9 Å². The van der Waals surface area contributed by atoms with Crippen LogP contribution in [0, 0.1) is 41.5 Å². The Kier molecular flexibility index (Phi) is 17.9. The van der Waals surface area contributed by atoms with E-state index in [1.807, 2.05) is 79.7 Å². The minimum atomic E-state index is -0.920. The SMILES string of the molecule is CCOc1nc(C)cc(-c2nc(-c3cc(C)c(OCC(O)CNC(=O)CO)c(C)c3)no2)n1.CCOc1nc(C)cc(-c2nc(-c3cc(C)c(OCC(O)CNC(=O)CO)c(C)c3)no2)n1. The highest BCUT2D eigenvalue weighted by Crippen LogP contribution is 2.32. The van der Waals surface area contributed by atoms with E-state index >= 15 is 0 Å². The first-order valence-corrected chi connectivity index (χ1v) is 20.9. The van der Waals surface area contributed by atoms with Gasteiger partial charge in [-0.2, -0.15) is 19.9 Å². The second-order valence-corrected chi connectivity index (χ2v) is 14.8. The number of hydrogen-bond donors (Lipinski definition) is 6. The summed E-state index contributed by atoms with van der Waals surface area (Å²) in [6.45, 7) is 14.4. The molecule has 2 amide bonds. The van der Waals surface area contributed by atoms with Gasteiger partial charge in [0.15, 0.2) is 0 Å². The maximum Gasteiger partial charge on any atom is 0.317 e. The van der Waals surface area contributed by atoms with Gasteiger partial charge < -0.3 is 59.1 Å². The van der Waals surface area contributed by atoms with Crippen LogP contribution >= 0.6 is 0 Å². The van der Waals surface area contributed by atoms with E-state index < -0.39 is 37.2 Å². The highest BCUT2D eigenvalue weighted by Gasteiger charge is 2.19. The molecule has 2 aromatic carbocycles. The van der Waals surface area contributed by atoms with Crippen LogP contribution in [0.1, 0.15) is 47.5 Å². The molecule has 2 atom stereocenters. The van der Waals surface area contributed by atoms with Crippen molar-refractivity contribution in [3.8, 4) is 69.5 Å². The van der Waals surface area contributed by atoms with Gasteiger partial charge in [0, 0.05) is 35.6 Å². The normalized spacial score (nSPS) is 11.8. The zero-order valence-electron chi connectivity index (χ0n) is 37.9. The summed E-state index contributed by atoms with van der Waals surface area (Å²) in [4.78, 5) is 48.1. The molecule has 22 nitrogen and oxygen atoms in total. The van der Waals surface area contributed by atoms with Crippen LogP contribution in [0.4, 0.5) is 0 Å². The largest absolute Gasteiger partial charge is 0.490 e. The number of benzene rings is 2. The summed E-state index contributed by atoms with van der Waals surface area (Å²) in [5.41, 5.74) is 7.13. The zero-order chi connectivity index (χ0) is 47.9. The van der Waals surface area contributed by atoms with Crippen LogP contribution in [0.25, 0.3) is 45.9 Å². The predicted octanol–water partition coefficient (Wildman–Crippen LogP) is 2.73. The van der Waals surface area contributed by atoms with Crippen LogP contribution in [-0.4, -0.2) is 137 Å². The summed E-state index contributed by atoms with van der Waals surface area (Å²) in [5, 5.41) is 50.3. The Hall–Kier alpha value is -7.14. The number of aliphatic hydroxyl groups excluding tert-OH is 4. The van der Waals surface area contributed by atoms with Gasteiger partial charge in [0.2, 0.25) is 23.5 Å². The molecule has 6 N–H and O–H groups in total. The first kappa shape index (κ1) is 49.9. The monoisotopic (exact) mass is 914 g/mol. The number of carbonyl (C=O) groups excluding carboxylic acids is 2. The molecule has 0 spiro atoms. The second-order valence-electron chi connectivity index (χ2n) is 14.8. The van der Waals surface area contributed by atoms with E-state index in [0.717, 1.165) is 44.8 Å². The minimum Gasteiger partial charge on any atom is -0.490 e. The van der Waals surface area contributed by atoms with Crippen molar-refractivity contribution in [3.05, 3.63) is 70.0 Å². The van der Waals surface area contributed by atoms with Crippen molar-refractivity contribution in [2.75, 3.05) is 52.7 Å². The quantitative estimate of drug-likeness (QED) is 0.0641. The summed E-state index contributed by atoms with van der Waals surface area (Å²) >= 11 is 0. The topological polar surface area (TPSA) is 305 Å². The van der Waals surface area contributed by atoms with Gasteiger partial charge in [0.05, 0.1) is 13.2 Å². The molecule has 352 valence electrons. The molecule has 4 heterocycles. The number of aliphatic hydroxyl groups is 4. The second kappa shape index (κ2) is 23.7. The number of aryl methyl sites for hydroxylation is 6. The predicted molar refractivity (Wildman–Crippen MR) is 235 cm³/mol. The van der Waals surface area contributed by atoms with E-state index in [-0.39, 0.29) is 50.1 Å². The van der Waals surface area contributed by atoms with Crippen LogP contribution in [0.2, 0.25) is 0 Å². The van der Waals surface area contributed by atoms with Gasteiger partial charge in [-0.1, -0.05) is 10.3 Å². The number of carbonyl (C=O) groups is 2. The summed E-state index contributed by atoms with van der Waals surface area (Å²) < 4.78 is 33.1. The Morgan fingerprint density at radius 1 is 0.561 bits per heavy atom. The molecule has 0 bridgehead atoms. The van der Waals surface area contributed by atoms with Gasteiger partial charge in [-0.3, -0.25) is 9.59 Å². The number of hydrogen-bond acceptors (Lipinski definition) is 20. The molecular weight excluding hydrogens is 861 g/mol. The molecule has 0 saturated carbocycles. The highest BCUT2D eigenvalue weighted by molar-refractivity contribution is 5.77. The zero-order valence-corrected chi connectivity index (χ0v) is 37.9. The molecule has 22 heteroatoms. The van der Waals surface area contributed by atoms with Gasteiger partial charge in [0.25, 0.3) is 11.8 Å². The molecule has 66 heavy (non-hydrogen) atoms. The highest BCUT2D eigenvalue weighted by atomic mass is 16.5. The standard InChI is InChI=1S/2C22H27N5O6/c2*1-5-31-22-24-14(4)8-17(25-22)21-26-20(27-33-21)15-6-12(2)19(13(3)7-15)32-11-16(29)9-23-18(30)10-28/h2*6-8,16,28-29H,5,9-11H2,1-4H3,(H,23,30). The average molecular weight is 915 g/mol. The van der Waals surface area contributed by atoms with Crippen LogP contribution in [0.3, 0.4) is 0 Å². The van der Waals surface area contributed by atoms with Crippen molar-refractivity contribution in [2.45, 2.75) is 67.6 Å². The van der Waals surface area contributed by atoms with E-state index in [0.29, 0.717) is 47.7 Å². The molecule has 0 fully saturated rings. The third-order valence-electron chi connectivity index (χ3n) is 9.14. The van der Waals surface area contributed by atoms with Crippen LogP contribution in [-0.2, 0) is 9.59 Å². The lowest BCUT2D eigenvalue weighted by molar-refractivity contribution is -0.125. The molecule has 0 aliphatic carbocycles. The summed E-state index contributed by atoms with van der Waals surface area (Å²) in [7, 11) is 0. The van der Waals surface area contributed by atoms with Gasteiger partial charge in [0.1, 0.15) is 61.5 Å². The summed E-state index contributed by atoms with van der Waals surface area (Å²) in [6, 6.07) is 11.4. The molecule has 0 aliphatic rings. The van der Waals surface area contributed by atoms with Crippen LogP contribution in [0.15, 0.2) is 45.4 Å². The fourth-order valence-corrected chi connectivity index (χ4v) is 6.24. The summed E-state index contributed by atoms with van der Waals surface area (Å²) in [6.07, 6.45) is -1.84. The van der Waals surface area contributed by atoms with E-state index in [9.17, 15) is 19.8 Å². The first-order valence-electron chi connectivity index (χ1n) is 20.9. The van der Waals surface area contributed by atoms with Crippen molar-refractivity contribution in [1.29, 1.82) is 0 Å². The van der Waals surface area contributed by atoms with Crippen LogP contribution < -0.4 is 29.6 Å². The Balaban J connectivity index is 0.000000247. The molecule has 4 aromatic heterocycles. The molecule has 2 unspecified atom stereocenters. The molecule has 0 saturated heterocycles. The first-order chi connectivity index (χ1) is 31.6. The Bertz CT molecular complexity index is 2360. The lowest BCUT2D eigenvalue weighted by atomic mass is 10.1. The summed E-state index contributed by atoms with van der Waals surface area (Å²) in [5.74, 6) is 1.39. The molecular formula is C44H54N10O12. The average Bonchev–Trinajstić information content (AvgIpc) is 3.99. The third-order valence-corrected chi connectivity index (χ3v) is 9.14. The maximum absolute atomic E-state index is 11.1.